The highest BCUT2D eigenvalue weighted by Gasteiger charge is 2.38. The zero-order valence-corrected chi connectivity index (χ0v) is 16.8. The molecule has 0 saturated heterocycles. The van der Waals surface area contributed by atoms with E-state index >= 15 is 0 Å². The molecule has 0 radical (unpaired) electrons. The summed E-state index contributed by atoms with van der Waals surface area (Å²) < 4.78 is 6.76. The lowest BCUT2D eigenvalue weighted by Gasteiger charge is -2.09. The van der Waals surface area contributed by atoms with Crippen LogP contribution in [0.3, 0.4) is 0 Å². The lowest BCUT2D eigenvalue weighted by atomic mass is 10.2. The van der Waals surface area contributed by atoms with Crippen molar-refractivity contribution in [1.82, 2.24) is 25.5 Å². The van der Waals surface area contributed by atoms with E-state index < -0.39 is 0 Å². The second-order valence-electron chi connectivity index (χ2n) is 7.21. The summed E-state index contributed by atoms with van der Waals surface area (Å²) in [5.41, 5.74) is 3.88. The van der Waals surface area contributed by atoms with E-state index in [1.807, 2.05) is 24.7 Å². The Morgan fingerprint density at radius 1 is 1.29 bits per heavy atom. The van der Waals surface area contributed by atoms with Gasteiger partial charge in [-0.15, -0.1) is 32.9 Å². The molecule has 0 spiro atoms. The highest BCUT2D eigenvalue weighted by atomic mass is 32.1. The summed E-state index contributed by atoms with van der Waals surface area (Å²) >= 11 is 3.22. The second kappa shape index (κ2) is 6.75. The Balaban J connectivity index is 1.29. The Labute approximate surface area is 168 Å². The predicted molar refractivity (Wildman–Crippen MR) is 107 cm³/mol. The SMILES string of the molecule is CC1(NC(=O)Cc2nnc(Cc3nc4ccc(-c5cncs5)cc4s3)o2)CC1. The number of thiazole rings is 2. The van der Waals surface area contributed by atoms with Gasteiger partial charge in [0.2, 0.25) is 17.7 Å². The smallest absolute Gasteiger partial charge is 0.229 e. The summed E-state index contributed by atoms with van der Waals surface area (Å²) in [4.78, 5) is 22.0. The number of nitrogens with zero attached hydrogens (tertiary/aromatic N) is 4. The number of amides is 1. The molecule has 1 aliphatic rings. The number of carbonyl (C=O) groups is 1. The fourth-order valence-corrected chi connectivity index (χ4v) is 4.57. The first kappa shape index (κ1) is 17.4. The van der Waals surface area contributed by atoms with Crippen LogP contribution in [0.2, 0.25) is 0 Å². The van der Waals surface area contributed by atoms with E-state index in [4.69, 9.17) is 4.42 Å². The summed E-state index contributed by atoms with van der Waals surface area (Å²) in [7, 11) is 0. The van der Waals surface area contributed by atoms with Crippen LogP contribution in [0.4, 0.5) is 0 Å². The predicted octanol–water partition coefficient (Wildman–Crippen LogP) is 3.60. The van der Waals surface area contributed by atoms with Crippen molar-refractivity contribution >= 4 is 38.8 Å². The van der Waals surface area contributed by atoms with Crippen molar-refractivity contribution in [3.05, 3.63) is 46.7 Å². The average Bonchev–Trinajstić information content (AvgIpc) is 3.11. The number of nitrogens with one attached hydrogen (secondary N) is 1. The molecule has 7 nitrogen and oxygen atoms in total. The number of rotatable bonds is 6. The molecule has 1 aromatic carbocycles. The van der Waals surface area contributed by atoms with Gasteiger partial charge in [0, 0.05) is 11.7 Å². The van der Waals surface area contributed by atoms with Gasteiger partial charge in [0.25, 0.3) is 0 Å². The quantitative estimate of drug-likeness (QED) is 0.521. The third-order valence-corrected chi connectivity index (χ3v) is 6.55. The molecule has 1 fully saturated rings. The minimum absolute atomic E-state index is 0.0427. The molecule has 1 aliphatic carbocycles. The van der Waals surface area contributed by atoms with Crippen molar-refractivity contribution in [2.45, 2.75) is 38.1 Å². The Kier molecular flexibility index (Phi) is 4.21. The number of hydrogen-bond donors (Lipinski definition) is 1. The second-order valence-corrected chi connectivity index (χ2v) is 9.21. The maximum Gasteiger partial charge on any atom is 0.229 e. The topological polar surface area (TPSA) is 93.8 Å². The van der Waals surface area contributed by atoms with E-state index in [1.165, 1.54) is 0 Å². The standard InChI is InChI=1S/C19H17N5O2S2/c1-19(4-5-19)22-15(25)7-16-23-24-17(26-16)8-18-21-12-3-2-11(6-13(12)28-18)14-9-20-10-27-14/h2-3,6,9-10H,4-5,7-8H2,1H3,(H,22,25). The fraction of sp³-hybridized carbons (Fsp3) is 0.316. The van der Waals surface area contributed by atoms with E-state index in [1.54, 1.807) is 22.7 Å². The van der Waals surface area contributed by atoms with Gasteiger partial charge in [-0.25, -0.2) is 4.98 Å². The van der Waals surface area contributed by atoms with E-state index in [2.05, 4.69) is 37.6 Å². The minimum Gasteiger partial charge on any atom is -0.424 e. The zero-order valence-electron chi connectivity index (χ0n) is 15.1. The first-order valence-corrected chi connectivity index (χ1v) is 10.7. The van der Waals surface area contributed by atoms with E-state index in [0.29, 0.717) is 18.2 Å². The van der Waals surface area contributed by atoms with Crippen LogP contribution in [0.15, 0.2) is 34.3 Å². The summed E-state index contributed by atoms with van der Waals surface area (Å²) in [5.74, 6) is 0.735. The summed E-state index contributed by atoms with van der Waals surface area (Å²) in [6, 6.07) is 6.21. The van der Waals surface area contributed by atoms with Crippen LogP contribution in [-0.2, 0) is 17.6 Å². The highest BCUT2D eigenvalue weighted by molar-refractivity contribution is 7.18. The van der Waals surface area contributed by atoms with Crippen LogP contribution in [0.1, 0.15) is 36.6 Å². The fourth-order valence-electron chi connectivity index (χ4n) is 2.95. The van der Waals surface area contributed by atoms with E-state index in [9.17, 15) is 4.79 Å². The lowest BCUT2D eigenvalue weighted by molar-refractivity contribution is -0.121. The molecular weight excluding hydrogens is 394 g/mol. The Morgan fingerprint density at radius 3 is 2.93 bits per heavy atom. The molecule has 3 aromatic heterocycles. The lowest BCUT2D eigenvalue weighted by Crippen LogP contribution is -2.35. The molecule has 9 heteroatoms. The molecular formula is C19H17N5O2S2. The van der Waals surface area contributed by atoms with Crippen molar-refractivity contribution < 1.29 is 9.21 Å². The van der Waals surface area contributed by atoms with Gasteiger partial charge in [-0.3, -0.25) is 9.78 Å². The van der Waals surface area contributed by atoms with Crippen molar-refractivity contribution in [3.8, 4) is 10.4 Å². The highest BCUT2D eigenvalue weighted by Crippen LogP contribution is 2.34. The molecule has 0 unspecified atom stereocenters. The Hall–Kier alpha value is -2.65. The van der Waals surface area contributed by atoms with Gasteiger partial charge in [0.15, 0.2) is 0 Å². The van der Waals surface area contributed by atoms with Crippen molar-refractivity contribution in [2.75, 3.05) is 0 Å². The van der Waals surface area contributed by atoms with Gasteiger partial charge >= 0.3 is 0 Å². The minimum atomic E-state index is -0.0780. The zero-order chi connectivity index (χ0) is 19.1. The molecule has 0 aliphatic heterocycles. The maximum atomic E-state index is 12.0. The van der Waals surface area contributed by atoms with Crippen molar-refractivity contribution in [3.63, 3.8) is 0 Å². The molecule has 3 heterocycles. The summed E-state index contributed by atoms with van der Waals surface area (Å²) in [6.45, 7) is 2.04. The molecule has 28 heavy (non-hydrogen) atoms. The third kappa shape index (κ3) is 3.67. The number of carbonyl (C=O) groups excluding carboxylic acids is 1. The maximum absolute atomic E-state index is 12.0. The third-order valence-electron chi connectivity index (χ3n) is 4.71. The van der Waals surface area contributed by atoms with Crippen LogP contribution in [0, 0.1) is 0 Å². The van der Waals surface area contributed by atoms with Crippen molar-refractivity contribution in [2.24, 2.45) is 0 Å². The van der Waals surface area contributed by atoms with Crippen LogP contribution in [0.25, 0.3) is 20.7 Å². The molecule has 1 saturated carbocycles. The van der Waals surface area contributed by atoms with Gasteiger partial charge in [-0.2, -0.15) is 0 Å². The van der Waals surface area contributed by atoms with E-state index in [0.717, 1.165) is 38.5 Å². The van der Waals surface area contributed by atoms with E-state index in [-0.39, 0.29) is 17.9 Å². The van der Waals surface area contributed by atoms with Gasteiger partial charge < -0.3 is 9.73 Å². The molecule has 4 aromatic rings. The van der Waals surface area contributed by atoms with Crippen LogP contribution in [0.5, 0.6) is 0 Å². The van der Waals surface area contributed by atoms with Gasteiger partial charge in [-0.1, -0.05) is 6.07 Å². The largest absolute Gasteiger partial charge is 0.424 e. The Bertz CT molecular complexity index is 1140. The molecule has 1 N–H and O–H groups in total. The molecule has 0 atom stereocenters. The van der Waals surface area contributed by atoms with Gasteiger partial charge in [0.1, 0.15) is 11.4 Å². The Morgan fingerprint density at radius 2 is 2.14 bits per heavy atom. The summed E-state index contributed by atoms with van der Waals surface area (Å²) in [5, 5.41) is 12.0. The number of hydrogen-bond acceptors (Lipinski definition) is 8. The van der Waals surface area contributed by atoms with Crippen molar-refractivity contribution in [1.29, 1.82) is 0 Å². The number of benzene rings is 1. The van der Waals surface area contributed by atoms with Crippen LogP contribution in [-0.4, -0.2) is 31.6 Å². The molecule has 0 bridgehead atoms. The van der Waals surface area contributed by atoms with Gasteiger partial charge in [-0.05, 0) is 37.5 Å². The molecule has 1 amide bonds. The van der Waals surface area contributed by atoms with Crippen LogP contribution < -0.4 is 5.32 Å². The van der Waals surface area contributed by atoms with Gasteiger partial charge in [0.05, 0.1) is 27.0 Å². The van der Waals surface area contributed by atoms with Crippen LogP contribution >= 0.6 is 22.7 Å². The normalized spacial score (nSPS) is 15.0. The first-order valence-electron chi connectivity index (χ1n) is 8.97. The molecule has 5 rings (SSSR count). The summed E-state index contributed by atoms with van der Waals surface area (Å²) in [6.07, 6.45) is 4.49. The monoisotopic (exact) mass is 411 g/mol. The average molecular weight is 412 g/mol. The number of fused-ring (bicyclic) bond motifs is 1. The molecule has 142 valence electrons. The number of aromatic nitrogens is 4. The first-order chi connectivity index (χ1) is 13.6.